The maximum Gasteiger partial charge on any atom is 0.261 e. The van der Waals surface area contributed by atoms with Gasteiger partial charge in [0.25, 0.3) is 5.91 Å². The van der Waals surface area contributed by atoms with E-state index < -0.39 is 0 Å². The second-order valence-electron chi connectivity index (χ2n) is 10.3. The number of anilines is 1. The maximum absolute atomic E-state index is 13.8. The highest BCUT2D eigenvalue weighted by atomic mass is 16.5. The molecule has 3 aromatic rings. The van der Waals surface area contributed by atoms with Gasteiger partial charge in [0.05, 0.1) is 12.6 Å². The molecule has 0 spiro atoms. The summed E-state index contributed by atoms with van der Waals surface area (Å²) in [6.45, 7) is 3.37. The highest BCUT2D eigenvalue weighted by Gasteiger charge is 2.30. The zero-order valence-electron chi connectivity index (χ0n) is 21.9. The van der Waals surface area contributed by atoms with Crippen molar-refractivity contribution in [3.63, 3.8) is 0 Å². The summed E-state index contributed by atoms with van der Waals surface area (Å²) in [5, 5.41) is 24.5. The van der Waals surface area contributed by atoms with Gasteiger partial charge in [0.2, 0.25) is 0 Å². The summed E-state index contributed by atoms with van der Waals surface area (Å²) >= 11 is 0. The number of hydrogen-bond acceptors (Lipinski definition) is 7. The van der Waals surface area contributed by atoms with Gasteiger partial charge in [-0.25, -0.2) is 0 Å². The molecule has 8 heteroatoms. The third-order valence-electron chi connectivity index (χ3n) is 6.99. The Morgan fingerprint density at radius 3 is 2.68 bits per heavy atom. The van der Waals surface area contributed by atoms with Crippen LogP contribution in [0.4, 0.5) is 5.69 Å². The van der Waals surface area contributed by atoms with Gasteiger partial charge in [-0.2, -0.15) is 0 Å². The van der Waals surface area contributed by atoms with Crippen LogP contribution < -0.4 is 10.1 Å². The van der Waals surface area contributed by atoms with Crippen LogP contribution in [-0.2, 0) is 30.9 Å². The molecule has 0 unspecified atom stereocenters. The van der Waals surface area contributed by atoms with E-state index in [1.807, 2.05) is 30.3 Å². The molecule has 2 aliphatic rings. The number of carbonyl (C=O) groups excluding carboxylic acids is 1. The summed E-state index contributed by atoms with van der Waals surface area (Å²) in [5.41, 5.74) is 5.55. The van der Waals surface area contributed by atoms with Crippen LogP contribution in [0.2, 0.25) is 0 Å². The van der Waals surface area contributed by atoms with Crippen molar-refractivity contribution in [1.82, 2.24) is 9.80 Å². The van der Waals surface area contributed by atoms with Crippen molar-refractivity contribution >= 4 is 11.6 Å². The predicted octanol–water partition coefficient (Wildman–Crippen LogP) is 4.14. The van der Waals surface area contributed by atoms with Crippen molar-refractivity contribution in [3.05, 3.63) is 82.4 Å². The van der Waals surface area contributed by atoms with Crippen molar-refractivity contribution in [3.8, 4) is 17.2 Å². The minimum absolute atomic E-state index is 0.0603. The number of nitrogens with one attached hydrogen (secondary N) is 1. The first-order chi connectivity index (χ1) is 18.4. The smallest absolute Gasteiger partial charge is 0.261 e. The van der Waals surface area contributed by atoms with Crippen LogP contribution >= 0.6 is 0 Å². The summed E-state index contributed by atoms with van der Waals surface area (Å²) < 4.78 is 11.5. The molecule has 1 fully saturated rings. The van der Waals surface area contributed by atoms with Gasteiger partial charge in [0.15, 0.2) is 0 Å². The van der Waals surface area contributed by atoms with Gasteiger partial charge in [0, 0.05) is 44.1 Å². The molecule has 8 nitrogen and oxygen atoms in total. The Labute approximate surface area is 223 Å². The highest BCUT2D eigenvalue weighted by Crippen LogP contribution is 2.37. The fourth-order valence-electron chi connectivity index (χ4n) is 5.17. The third kappa shape index (κ3) is 5.87. The molecule has 0 radical (unpaired) electrons. The van der Waals surface area contributed by atoms with Gasteiger partial charge >= 0.3 is 0 Å². The van der Waals surface area contributed by atoms with Gasteiger partial charge in [-0.3, -0.25) is 4.79 Å². The number of aromatic hydroxyl groups is 2. The van der Waals surface area contributed by atoms with Gasteiger partial charge in [-0.15, -0.1) is 0 Å². The lowest BCUT2D eigenvalue weighted by atomic mass is 9.94. The molecule has 5 rings (SSSR count). The number of phenolic OH excluding ortho intramolecular Hbond substituents is 2. The summed E-state index contributed by atoms with van der Waals surface area (Å²) in [5.74, 6) is -0.634. The van der Waals surface area contributed by atoms with E-state index >= 15 is 0 Å². The molecule has 3 aromatic carbocycles. The summed E-state index contributed by atoms with van der Waals surface area (Å²) in [6.07, 6.45) is 1.65. The molecular weight excluding hydrogens is 482 g/mol. The number of amides is 1. The normalized spacial score (nSPS) is 16.9. The van der Waals surface area contributed by atoms with Crippen molar-refractivity contribution in [2.24, 2.45) is 0 Å². The van der Waals surface area contributed by atoms with Gasteiger partial charge in [0.1, 0.15) is 29.4 Å². The second-order valence-corrected chi connectivity index (χ2v) is 10.3. The lowest BCUT2D eigenvalue weighted by Gasteiger charge is -2.32. The van der Waals surface area contributed by atoms with Gasteiger partial charge in [-0.05, 0) is 55.3 Å². The molecule has 1 saturated heterocycles. The van der Waals surface area contributed by atoms with Crippen LogP contribution in [-0.4, -0.2) is 65.8 Å². The number of fused-ring (bicyclic) bond motifs is 1. The average molecular weight is 518 g/mol. The number of benzene rings is 3. The number of nitrogens with zero attached hydrogens (tertiary/aromatic N) is 2. The Morgan fingerprint density at radius 1 is 1.13 bits per heavy atom. The van der Waals surface area contributed by atoms with Crippen LogP contribution in [0.1, 0.15) is 39.0 Å². The van der Waals surface area contributed by atoms with Crippen LogP contribution in [0, 0.1) is 0 Å². The first kappa shape index (κ1) is 25.9. The quantitative estimate of drug-likeness (QED) is 0.414. The van der Waals surface area contributed by atoms with E-state index in [1.165, 1.54) is 23.3 Å². The number of hydrogen-bond donors (Lipinski definition) is 3. The molecule has 2 heterocycles. The summed E-state index contributed by atoms with van der Waals surface area (Å²) in [7, 11) is 4.11. The molecular formula is C30H35N3O5. The van der Waals surface area contributed by atoms with Gasteiger partial charge in [-0.1, -0.05) is 36.4 Å². The molecule has 0 aromatic heterocycles. The molecule has 2 aliphatic heterocycles. The molecule has 0 bridgehead atoms. The van der Waals surface area contributed by atoms with Crippen LogP contribution in [0.3, 0.4) is 0 Å². The zero-order valence-corrected chi connectivity index (χ0v) is 21.9. The Kier molecular flexibility index (Phi) is 7.72. The average Bonchev–Trinajstić information content (AvgIpc) is 3.40. The number of ether oxygens (including phenoxy) is 2. The van der Waals surface area contributed by atoms with E-state index in [9.17, 15) is 15.0 Å². The fraction of sp³-hybridized carbons (Fsp3) is 0.367. The topological polar surface area (TPSA) is 94.5 Å². The molecule has 0 saturated carbocycles. The molecule has 1 atom stereocenters. The van der Waals surface area contributed by atoms with E-state index in [4.69, 9.17) is 9.47 Å². The lowest BCUT2D eigenvalue weighted by molar-refractivity contribution is 0.0726. The lowest BCUT2D eigenvalue weighted by Crippen LogP contribution is -2.37. The maximum atomic E-state index is 13.8. The first-order valence-corrected chi connectivity index (χ1v) is 13.0. The Hall–Kier alpha value is -3.75. The van der Waals surface area contributed by atoms with E-state index in [-0.39, 0.29) is 41.4 Å². The van der Waals surface area contributed by atoms with Crippen molar-refractivity contribution in [2.45, 2.75) is 38.6 Å². The minimum Gasteiger partial charge on any atom is -0.508 e. The van der Waals surface area contributed by atoms with Gasteiger partial charge < -0.3 is 34.8 Å². The molecule has 1 amide bonds. The Bertz CT molecular complexity index is 1290. The third-order valence-corrected chi connectivity index (χ3v) is 6.99. The summed E-state index contributed by atoms with van der Waals surface area (Å²) in [4.78, 5) is 17.7. The summed E-state index contributed by atoms with van der Waals surface area (Å²) in [6, 6.07) is 16.8. The second kappa shape index (κ2) is 11.3. The van der Waals surface area contributed by atoms with Crippen LogP contribution in [0.15, 0.2) is 54.6 Å². The van der Waals surface area contributed by atoms with Crippen LogP contribution in [0.5, 0.6) is 17.2 Å². The van der Waals surface area contributed by atoms with Crippen molar-refractivity contribution in [2.75, 3.05) is 39.2 Å². The van der Waals surface area contributed by atoms with E-state index in [0.29, 0.717) is 26.1 Å². The molecule has 0 aliphatic carbocycles. The SMILES string of the molecule is CN(C)Cc1cc2c(c(N[C@H]3CCOC3)c1)CN(C(=O)c1c(O)cc(O)cc1OCc1ccccc1)CC2. The Balaban J connectivity index is 1.42. The van der Waals surface area contributed by atoms with E-state index in [0.717, 1.165) is 36.4 Å². The number of rotatable bonds is 8. The number of carbonyl (C=O) groups is 1. The predicted molar refractivity (Wildman–Crippen MR) is 146 cm³/mol. The standard InChI is InChI=1S/C30H35N3O5/c1-32(2)16-21-12-22-8-10-33(17-25(22)26(13-21)31-23-9-11-37-19-23)30(36)29-27(35)14-24(34)15-28(29)38-18-20-6-4-3-5-7-20/h3-7,12-15,23,31,34-35H,8-11,16-19H2,1-2H3/t23-/m0/s1. The first-order valence-electron chi connectivity index (χ1n) is 13.0. The van der Waals surface area contributed by atoms with Crippen LogP contribution in [0.25, 0.3) is 0 Å². The zero-order chi connectivity index (χ0) is 26.6. The molecule has 3 N–H and O–H groups in total. The minimum atomic E-state index is -0.330. The fourth-order valence-corrected chi connectivity index (χ4v) is 5.17. The molecule has 200 valence electrons. The van der Waals surface area contributed by atoms with Crippen molar-refractivity contribution in [1.29, 1.82) is 0 Å². The molecule has 38 heavy (non-hydrogen) atoms. The van der Waals surface area contributed by atoms with E-state index in [1.54, 1.807) is 4.90 Å². The monoisotopic (exact) mass is 517 g/mol. The largest absolute Gasteiger partial charge is 0.508 e. The van der Waals surface area contributed by atoms with Crippen molar-refractivity contribution < 1.29 is 24.5 Å². The van der Waals surface area contributed by atoms with E-state index in [2.05, 4.69) is 36.4 Å². The number of phenols is 2. The Morgan fingerprint density at radius 2 is 1.95 bits per heavy atom. The highest BCUT2D eigenvalue weighted by molar-refractivity contribution is 6.00.